The van der Waals surface area contributed by atoms with Crippen LogP contribution in [-0.2, 0) is 25.7 Å². The van der Waals surface area contributed by atoms with E-state index in [0.717, 1.165) is 31.5 Å². The van der Waals surface area contributed by atoms with Crippen LogP contribution in [0.1, 0.15) is 44.5 Å². The third-order valence-corrected chi connectivity index (χ3v) is 8.59. The van der Waals surface area contributed by atoms with Gasteiger partial charge in [-0.05, 0) is 97.8 Å². The average Bonchev–Trinajstić information content (AvgIpc) is 3.46. The minimum atomic E-state index is 0.945. The Morgan fingerprint density at radius 2 is 1.37 bits per heavy atom. The Hall–Kier alpha value is -4.17. The second-order valence-electron chi connectivity index (χ2n) is 10.3. The molecule has 0 unspecified atom stereocenters. The fourth-order valence-corrected chi connectivity index (χ4v) is 7.17. The maximum absolute atomic E-state index is 4.88. The van der Waals surface area contributed by atoms with Gasteiger partial charge >= 0.3 is 0 Å². The van der Waals surface area contributed by atoms with Crippen LogP contribution in [0.2, 0.25) is 0 Å². The lowest BCUT2D eigenvalue weighted by Crippen LogP contribution is -2.26. The number of hydrogen-bond donors (Lipinski definition) is 0. The van der Waals surface area contributed by atoms with Crippen molar-refractivity contribution in [1.29, 1.82) is 0 Å². The number of fused-ring (bicyclic) bond motifs is 12. The Balaban J connectivity index is 1.32. The van der Waals surface area contributed by atoms with Gasteiger partial charge in [0.1, 0.15) is 5.82 Å². The van der Waals surface area contributed by atoms with Crippen molar-refractivity contribution < 1.29 is 0 Å². The zero-order valence-electron chi connectivity index (χ0n) is 19.3. The molecule has 0 bridgehead atoms. The van der Waals surface area contributed by atoms with Crippen molar-refractivity contribution in [2.75, 3.05) is 4.90 Å². The summed E-state index contributed by atoms with van der Waals surface area (Å²) in [6.07, 6.45) is 5.95. The summed E-state index contributed by atoms with van der Waals surface area (Å²) in [4.78, 5) is 7.33. The molecule has 0 saturated carbocycles. The normalized spacial score (nSPS) is 14.9. The molecule has 2 heteroatoms. The molecule has 35 heavy (non-hydrogen) atoms. The van der Waals surface area contributed by atoms with E-state index in [4.69, 9.17) is 4.98 Å². The van der Waals surface area contributed by atoms with Gasteiger partial charge in [-0.25, -0.2) is 4.98 Å². The summed E-state index contributed by atoms with van der Waals surface area (Å²) in [7, 11) is 0. The first kappa shape index (κ1) is 18.2. The van der Waals surface area contributed by atoms with Gasteiger partial charge in [-0.3, -0.25) is 4.90 Å². The molecule has 0 spiro atoms. The third-order valence-electron chi connectivity index (χ3n) is 8.59. The van der Waals surface area contributed by atoms with E-state index in [2.05, 4.69) is 83.8 Å². The van der Waals surface area contributed by atoms with Crippen LogP contribution in [0, 0.1) is 0 Å². The van der Waals surface area contributed by atoms with Crippen LogP contribution in [0.4, 0.5) is 17.2 Å². The van der Waals surface area contributed by atoms with Crippen LogP contribution in [0.25, 0.3) is 22.3 Å². The van der Waals surface area contributed by atoms with E-state index >= 15 is 0 Å². The number of pyridine rings is 1. The predicted octanol–water partition coefficient (Wildman–Crippen LogP) is 7.50. The Labute approximate surface area is 204 Å². The van der Waals surface area contributed by atoms with Crippen molar-refractivity contribution in [3.63, 3.8) is 0 Å². The predicted molar refractivity (Wildman–Crippen MR) is 141 cm³/mol. The van der Waals surface area contributed by atoms with Crippen molar-refractivity contribution in [3.8, 4) is 22.3 Å². The minimum absolute atomic E-state index is 0.945. The average molecular weight is 447 g/mol. The molecule has 2 nitrogen and oxygen atoms in total. The van der Waals surface area contributed by atoms with Crippen molar-refractivity contribution >= 4 is 17.2 Å². The van der Waals surface area contributed by atoms with Crippen LogP contribution < -0.4 is 4.90 Å². The first-order valence-corrected chi connectivity index (χ1v) is 12.6. The monoisotopic (exact) mass is 446 g/mol. The Kier molecular flexibility index (Phi) is 3.27. The molecule has 0 saturated heterocycles. The highest BCUT2D eigenvalue weighted by atomic mass is 15.2. The van der Waals surface area contributed by atoms with Crippen molar-refractivity contribution in [1.82, 2.24) is 4.98 Å². The summed E-state index contributed by atoms with van der Waals surface area (Å²) < 4.78 is 0. The van der Waals surface area contributed by atoms with Crippen molar-refractivity contribution in [2.24, 2.45) is 0 Å². The van der Waals surface area contributed by atoms with Crippen LogP contribution in [0.5, 0.6) is 0 Å². The molecular weight excluding hydrogens is 424 g/mol. The molecule has 1 aromatic heterocycles. The van der Waals surface area contributed by atoms with E-state index in [1.165, 1.54) is 78.1 Å². The van der Waals surface area contributed by atoms with Gasteiger partial charge in [0.2, 0.25) is 0 Å². The SMILES string of the molecule is c1ccc2c(c1)Cc1ccc3c(c1-2)Cc1c-3cc2c3c1Cc1ccccc1N3c1ncccc1C2. The molecule has 2 aliphatic carbocycles. The molecule has 3 heterocycles. The van der Waals surface area contributed by atoms with Crippen LogP contribution in [0.3, 0.4) is 0 Å². The van der Waals surface area contributed by atoms with Gasteiger partial charge in [-0.15, -0.1) is 0 Å². The second-order valence-corrected chi connectivity index (χ2v) is 10.3. The first-order valence-electron chi connectivity index (χ1n) is 12.6. The minimum Gasteiger partial charge on any atom is -0.294 e. The maximum Gasteiger partial charge on any atom is 0.141 e. The molecule has 0 N–H and O–H groups in total. The smallest absolute Gasteiger partial charge is 0.141 e. The summed E-state index contributed by atoms with van der Waals surface area (Å²) in [5, 5.41) is 0. The van der Waals surface area contributed by atoms with Crippen molar-refractivity contribution in [2.45, 2.75) is 25.7 Å². The van der Waals surface area contributed by atoms with Gasteiger partial charge in [0.05, 0.1) is 11.4 Å². The topological polar surface area (TPSA) is 16.1 Å². The number of aromatic nitrogens is 1. The molecule has 164 valence electrons. The Morgan fingerprint density at radius 3 is 2.34 bits per heavy atom. The van der Waals surface area contributed by atoms with E-state index in [-0.39, 0.29) is 0 Å². The largest absolute Gasteiger partial charge is 0.294 e. The number of anilines is 3. The van der Waals surface area contributed by atoms with Gasteiger partial charge < -0.3 is 0 Å². The summed E-state index contributed by atoms with van der Waals surface area (Å²) in [5.74, 6) is 1.10. The number of rotatable bonds is 0. The zero-order chi connectivity index (χ0) is 22.7. The third kappa shape index (κ3) is 2.23. The van der Waals surface area contributed by atoms with Gasteiger partial charge in [0, 0.05) is 19.0 Å². The molecule has 4 aromatic carbocycles. The molecule has 0 radical (unpaired) electrons. The van der Waals surface area contributed by atoms with E-state index in [9.17, 15) is 0 Å². The fourth-order valence-electron chi connectivity index (χ4n) is 7.17. The molecule has 5 aromatic rings. The lowest BCUT2D eigenvalue weighted by atomic mass is 9.83. The summed E-state index contributed by atoms with van der Waals surface area (Å²) in [5.41, 5.74) is 20.1. The molecule has 0 amide bonds. The first-order chi connectivity index (χ1) is 17.3. The van der Waals surface area contributed by atoms with Gasteiger partial charge in [0.25, 0.3) is 0 Å². The van der Waals surface area contributed by atoms with Crippen LogP contribution in [0.15, 0.2) is 85.1 Å². The molecule has 0 fully saturated rings. The standard InChI is InChI=1S/C33H22N2/c1-3-9-24-19(6-1)14-21-11-12-25-26-17-23-15-22-8-5-13-34-33(22)35-30-10-4-2-7-20(30)16-29(32(23)35)27(26)18-28(25)31(21)24/h1-13,17H,14-16,18H2. The summed E-state index contributed by atoms with van der Waals surface area (Å²) in [6, 6.07) is 29.5. The maximum atomic E-state index is 4.88. The van der Waals surface area contributed by atoms with Gasteiger partial charge in [-0.2, -0.15) is 0 Å². The summed E-state index contributed by atoms with van der Waals surface area (Å²) in [6.45, 7) is 0. The van der Waals surface area contributed by atoms with Crippen molar-refractivity contribution in [3.05, 3.63) is 130 Å². The zero-order valence-corrected chi connectivity index (χ0v) is 19.3. The molecular formula is C33H22N2. The number of benzene rings is 4. The van der Waals surface area contributed by atoms with Crippen LogP contribution >= 0.6 is 0 Å². The highest BCUT2D eigenvalue weighted by Gasteiger charge is 2.37. The van der Waals surface area contributed by atoms with E-state index in [1.54, 1.807) is 0 Å². The Bertz CT molecular complexity index is 1750. The summed E-state index contributed by atoms with van der Waals surface area (Å²) >= 11 is 0. The van der Waals surface area contributed by atoms with Gasteiger partial charge in [-0.1, -0.05) is 60.7 Å². The second kappa shape index (κ2) is 6.28. The molecule has 0 atom stereocenters. The number of nitrogens with zero attached hydrogens (tertiary/aromatic N) is 2. The quantitative estimate of drug-likeness (QED) is 0.240. The lowest BCUT2D eigenvalue weighted by molar-refractivity contribution is 0.969. The lowest BCUT2D eigenvalue weighted by Gasteiger charge is -2.39. The molecule has 9 rings (SSSR count). The van der Waals surface area contributed by atoms with E-state index in [1.807, 2.05) is 6.20 Å². The number of para-hydroxylation sites is 1. The Morgan fingerprint density at radius 1 is 0.543 bits per heavy atom. The fraction of sp³-hybridized carbons (Fsp3) is 0.121. The highest BCUT2D eigenvalue weighted by molar-refractivity contribution is 5.95. The number of hydrogen-bond acceptors (Lipinski definition) is 2. The molecule has 4 aliphatic rings. The van der Waals surface area contributed by atoms with Gasteiger partial charge in [0.15, 0.2) is 0 Å². The highest BCUT2D eigenvalue weighted by Crippen LogP contribution is 2.55. The molecule has 2 aliphatic heterocycles. The van der Waals surface area contributed by atoms with Crippen LogP contribution in [-0.4, -0.2) is 4.98 Å². The van der Waals surface area contributed by atoms with E-state index in [0.29, 0.717) is 0 Å². The van der Waals surface area contributed by atoms with E-state index < -0.39 is 0 Å².